The summed E-state index contributed by atoms with van der Waals surface area (Å²) in [6.07, 6.45) is 2.13. The minimum Gasteiger partial charge on any atom is -0.486 e. The number of carbonyl (C=O) groups is 1. The van der Waals surface area contributed by atoms with Crippen LogP contribution in [-0.2, 0) is 16.1 Å². The summed E-state index contributed by atoms with van der Waals surface area (Å²) < 4.78 is 12.7. The number of benzene rings is 3. The molecule has 6 nitrogen and oxygen atoms in total. The molecule has 1 unspecified atom stereocenters. The van der Waals surface area contributed by atoms with Gasteiger partial charge in [0.2, 0.25) is 0 Å². The molecule has 176 valence electrons. The summed E-state index contributed by atoms with van der Waals surface area (Å²) >= 11 is 0. The van der Waals surface area contributed by atoms with E-state index in [1.165, 1.54) is 5.01 Å². The zero-order chi connectivity index (χ0) is 24.5. The molecular weight excluding hydrogens is 440 g/mol. The average Bonchev–Trinajstić information content (AvgIpc) is 2.85. The molecule has 0 radical (unpaired) electrons. The highest BCUT2D eigenvalue weighted by Crippen LogP contribution is 2.48. The van der Waals surface area contributed by atoms with Gasteiger partial charge < -0.3 is 14.6 Å². The number of nitrogens with zero attached hydrogens (tertiary/aromatic N) is 2. The Balaban J connectivity index is 1.67. The fourth-order valence-corrected chi connectivity index (χ4v) is 4.60. The fourth-order valence-electron chi connectivity index (χ4n) is 4.60. The molecule has 0 fully saturated rings. The molecule has 6 heteroatoms. The minimum atomic E-state index is -1.10. The maximum absolute atomic E-state index is 12.5. The number of hydrogen-bond acceptors (Lipinski definition) is 5. The Bertz CT molecular complexity index is 1350. The third-order valence-corrected chi connectivity index (χ3v) is 6.25. The molecule has 3 aromatic carbocycles. The molecule has 3 aromatic rings. The lowest BCUT2D eigenvalue weighted by atomic mass is 9.88. The van der Waals surface area contributed by atoms with Crippen molar-refractivity contribution in [1.82, 2.24) is 5.01 Å². The van der Waals surface area contributed by atoms with E-state index < -0.39 is 5.97 Å². The van der Waals surface area contributed by atoms with Gasteiger partial charge in [0.15, 0.2) is 11.5 Å². The molecule has 2 aliphatic rings. The smallest absolute Gasteiger partial charge is 0.358 e. The first-order chi connectivity index (χ1) is 16.9. The van der Waals surface area contributed by atoms with Gasteiger partial charge in [-0.15, -0.1) is 0 Å². The van der Waals surface area contributed by atoms with Crippen molar-refractivity contribution in [2.75, 3.05) is 0 Å². The van der Waals surface area contributed by atoms with Crippen LogP contribution in [0.4, 0.5) is 0 Å². The quantitative estimate of drug-likeness (QED) is 0.457. The van der Waals surface area contributed by atoms with Crippen molar-refractivity contribution in [3.63, 3.8) is 0 Å². The highest BCUT2D eigenvalue weighted by Gasteiger charge is 2.41. The molecule has 1 N–H and O–H groups in total. The molecule has 2 heterocycles. The van der Waals surface area contributed by atoms with Crippen LogP contribution in [0.15, 0.2) is 89.7 Å². The summed E-state index contributed by atoms with van der Waals surface area (Å²) in [6.45, 7) is 8.31. The molecule has 0 saturated heterocycles. The molecule has 35 heavy (non-hydrogen) atoms. The number of ether oxygens (including phenoxy) is 2. The van der Waals surface area contributed by atoms with E-state index in [1.54, 1.807) is 6.21 Å². The van der Waals surface area contributed by atoms with E-state index in [1.807, 2.05) is 80.6 Å². The second kappa shape index (κ2) is 9.14. The number of aryl methyl sites for hydroxylation is 2. The fraction of sp³-hybridized carbons (Fsp3) is 0.172. The van der Waals surface area contributed by atoms with Crippen LogP contribution in [0.5, 0.6) is 11.5 Å². The molecule has 5 rings (SSSR count). The van der Waals surface area contributed by atoms with Gasteiger partial charge in [0.1, 0.15) is 18.1 Å². The van der Waals surface area contributed by atoms with Crippen LogP contribution in [0, 0.1) is 13.8 Å². The van der Waals surface area contributed by atoms with Gasteiger partial charge >= 0.3 is 5.97 Å². The van der Waals surface area contributed by atoms with Gasteiger partial charge in [0, 0.05) is 17.5 Å². The normalized spacial score (nSPS) is 16.6. The molecule has 1 atom stereocenters. The predicted octanol–water partition coefficient (Wildman–Crippen LogP) is 6.37. The van der Waals surface area contributed by atoms with E-state index in [4.69, 9.17) is 9.47 Å². The van der Waals surface area contributed by atoms with Crippen molar-refractivity contribution >= 4 is 17.9 Å². The maximum atomic E-state index is 12.5. The molecule has 0 spiro atoms. The largest absolute Gasteiger partial charge is 0.486 e. The summed E-state index contributed by atoms with van der Waals surface area (Å²) in [5.74, 6) is 0.592. The van der Waals surface area contributed by atoms with Crippen LogP contribution in [0.25, 0.3) is 5.76 Å². The van der Waals surface area contributed by atoms with Crippen molar-refractivity contribution in [2.24, 2.45) is 5.10 Å². The first-order valence-electron chi connectivity index (χ1n) is 11.5. The molecule has 0 aliphatic carbocycles. The Labute approximate surface area is 204 Å². The van der Waals surface area contributed by atoms with Gasteiger partial charge in [0.25, 0.3) is 0 Å². The van der Waals surface area contributed by atoms with Crippen molar-refractivity contribution in [2.45, 2.75) is 32.9 Å². The number of rotatable bonds is 6. The molecule has 0 bridgehead atoms. The zero-order valence-corrected chi connectivity index (χ0v) is 19.7. The van der Waals surface area contributed by atoms with Crippen LogP contribution < -0.4 is 4.74 Å². The topological polar surface area (TPSA) is 71.4 Å². The van der Waals surface area contributed by atoms with Crippen molar-refractivity contribution in [3.05, 3.63) is 112 Å². The van der Waals surface area contributed by atoms with Gasteiger partial charge in [-0.2, -0.15) is 5.10 Å². The number of fused-ring (bicyclic) bond motifs is 3. The van der Waals surface area contributed by atoms with Crippen LogP contribution in [0.3, 0.4) is 0 Å². The van der Waals surface area contributed by atoms with Gasteiger partial charge in [0.05, 0.1) is 12.3 Å². The van der Waals surface area contributed by atoms with Crippen LogP contribution >= 0.6 is 0 Å². The van der Waals surface area contributed by atoms with Crippen LogP contribution in [0.2, 0.25) is 0 Å². The molecule has 0 amide bonds. The number of carboxylic acid groups (broad SMARTS) is 1. The van der Waals surface area contributed by atoms with Gasteiger partial charge in [-0.3, -0.25) is 0 Å². The van der Waals surface area contributed by atoms with Crippen molar-refractivity contribution < 1.29 is 19.4 Å². The SMILES string of the molecule is C=C1C=NN2C(C(=O)O)=C(OCc3ccccc3)c3cccc(Oc4c(C)cccc4C)c3C2C1. The Kier molecular flexibility index (Phi) is 5.87. The second-order valence-corrected chi connectivity index (χ2v) is 8.76. The first kappa shape index (κ1) is 22.5. The number of hydrazone groups is 1. The van der Waals surface area contributed by atoms with Crippen molar-refractivity contribution in [1.29, 1.82) is 0 Å². The second-order valence-electron chi connectivity index (χ2n) is 8.76. The van der Waals surface area contributed by atoms with E-state index in [0.29, 0.717) is 17.7 Å². The van der Waals surface area contributed by atoms with E-state index in [9.17, 15) is 9.90 Å². The number of aliphatic carboxylic acids is 1. The van der Waals surface area contributed by atoms with E-state index in [2.05, 4.69) is 11.7 Å². The van der Waals surface area contributed by atoms with E-state index >= 15 is 0 Å². The number of para-hydroxylation sites is 1. The van der Waals surface area contributed by atoms with Gasteiger partial charge in [-0.1, -0.05) is 67.2 Å². The molecule has 2 aliphatic heterocycles. The van der Waals surface area contributed by atoms with Crippen LogP contribution in [-0.4, -0.2) is 22.3 Å². The summed E-state index contributed by atoms with van der Waals surface area (Å²) in [5, 5.41) is 16.2. The molecular formula is C29H26N2O4. The Morgan fingerprint density at radius 3 is 2.49 bits per heavy atom. The van der Waals surface area contributed by atoms with Gasteiger partial charge in [-0.25, -0.2) is 9.80 Å². The Hall–Kier alpha value is -4.32. The lowest BCUT2D eigenvalue weighted by Gasteiger charge is -2.39. The summed E-state index contributed by atoms with van der Waals surface area (Å²) in [6, 6.07) is 21.0. The maximum Gasteiger partial charge on any atom is 0.358 e. The summed E-state index contributed by atoms with van der Waals surface area (Å²) in [7, 11) is 0. The molecule has 0 saturated carbocycles. The number of carboxylic acids is 1. The van der Waals surface area contributed by atoms with Gasteiger partial charge in [-0.05, 0) is 42.2 Å². The third-order valence-electron chi connectivity index (χ3n) is 6.25. The lowest BCUT2D eigenvalue weighted by molar-refractivity contribution is -0.135. The van der Waals surface area contributed by atoms with E-state index in [0.717, 1.165) is 33.6 Å². The average molecular weight is 467 g/mol. The van der Waals surface area contributed by atoms with Crippen molar-refractivity contribution in [3.8, 4) is 11.5 Å². The zero-order valence-electron chi connectivity index (χ0n) is 19.7. The molecule has 0 aromatic heterocycles. The first-order valence-corrected chi connectivity index (χ1v) is 11.5. The number of hydrogen-bond donors (Lipinski definition) is 1. The third kappa shape index (κ3) is 4.19. The Morgan fingerprint density at radius 1 is 1.06 bits per heavy atom. The lowest BCUT2D eigenvalue weighted by Crippen LogP contribution is -2.35. The minimum absolute atomic E-state index is 0.00593. The summed E-state index contributed by atoms with van der Waals surface area (Å²) in [4.78, 5) is 12.5. The highest BCUT2D eigenvalue weighted by molar-refractivity contribution is 5.96. The summed E-state index contributed by atoms with van der Waals surface area (Å²) in [5.41, 5.74) is 5.32. The highest BCUT2D eigenvalue weighted by atomic mass is 16.5. The standard InChI is InChI=1S/C29H26N2O4/c1-18-15-23-25-22(13-8-14-24(25)35-27-19(2)9-7-10-20(27)3)28(26(29(32)33)31(23)30-16-18)34-17-21-11-5-4-6-12-21/h4-14,16,23H,1,15,17H2,2-3H3,(H,32,33). The van der Waals surface area contributed by atoms with Crippen LogP contribution in [0.1, 0.15) is 40.3 Å². The monoisotopic (exact) mass is 466 g/mol. The predicted molar refractivity (Wildman–Crippen MR) is 135 cm³/mol. The Morgan fingerprint density at radius 2 is 1.77 bits per heavy atom. The van der Waals surface area contributed by atoms with E-state index in [-0.39, 0.29) is 24.1 Å².